The lowest BCUT2D eigenvalue weighted by Crippen LogP contribution is -2.35. The van der Waals surface area contributed by atoms with Crippen molar-refractivity contribution in [1.82, 2.24) is 15.5 Å². The number of hydrogen-bond acceptors (Lipinski definition) is 4. The lowest BCUT2D eigenvalue weighted by atomic mass is 10.1. The monoisotopic (exact) mass is 299 g/mol. The van der Waals surface area contributed by atoms with Crippen molar-refractivity contribution in [2.45, 2.75) is 32.9 Å². The van der Waals surface area contributed by atoms with Crippen LogP contribution in [-0.4, -0.2) is 15.7 Å². The lowest BCUT2D eigenvalue weighted by Gasteiger charge is -2.18. The van der Waals surface area contributed by atoms with Crippen LogP contribution in [0.5, 0.6) is 0 Å². The summed E-state index contributed by atoms with van der Waals surface area (Å²) >= 11 is 12.1. The van der Waals surface area contributed by atoms with Gasteiger partial charge in [-0.2, -0.15) is 0 Å². The number of halogens is 2. The van der Waals surface area contributed by atoms with Gasteiger partial charge in [0.15, 0.2) is 0 Å². The van der Waals surface area contributed by atoms with Gasteiger partial charge in [0.1, 0.15) is 0 Å². The van der Waals surface area contributed by atoms with Gasteiger partial charge < -0.3 is 9.73 Å². The molecule has 0 spiro atoms. The van der Waals surface area contributed by atoms with E-state index in [9.17, 15) is 0 Å². The molecular formula is C13H15Cl2N3O. The summed E-state index contributed by atoms with van der Waals surface area (Å²) in [5.74, 6) is 0.888. The second-order valence-corrected chi connectivity index (χ2v) is 5.99. The Hall–Kier alpha value is -1.10. The predicted octanol–water partition coefficient (Wildman–Crippen LogP) is 3.93. The third-order valence-corrected chi connectivity index (χ3v) is 3.24. The molecule has 19 heavy (non-hydrogen) atoms. The van der Waals surface area contributed by atoms with Crippen LogP contribution in [0, 0.1) is 0 Å². The highest BCUT2D eigenvalue weighted by molar-refractivity contribution is 6.43. The number of nitrogens with zero attached hydrogens (tertiary/aromatic N) is 2. The molecule has 0 aliphatic carbocycles. The first-order valence-electron chi connectivity index (χ1n) is 5.88. The van der Waals surface area contributed by atoms with Crippen molar-refractivity contribution in [1.29, 1.82) is 0 Å². The maximum Gasteiger partial charge on any atom is 0.249 e. The Balaban J connectivity index is 2.19. The first kappa shape index (κ1) is 14.3. The first-order chi connectivity index (χ1) is 8.87. The van der Waals surface area contributed by atoms with Crippen LogP contribution in [0.15, 0.2) is 22.6 Å². The fourth-order valence-electron chi connectivity index (χ4n) is 1.44. The molecule has 0 aliphatic rings. The van der Waals surface area contributed by atoms with Crippen molar-refractivity contribution in [3.63, 3.8) is 0 Å². The summed E-state index contributed by atoms with van der Waals surface area (Å²) < 4.78 is 5.57. The summed E-state index contributed by atoms with van der Waals surface area (Å²) in [7, 11) is 0. The standard InChI is InChI=1S/C13H15Cl2N3O/c1-13(2,3)16-7-10-17-18-12(19-10)8-5-4-6-9(14)11(8)15/h4-6,16H,7H2,1-3H3. The van der Waals surface area contributed by atoms with Crippen LogP contribution in [0.25, 0.3) is 11.5 Å². The average Bonchev–Trinajstić information content (AvgIpc) is 2.78. The normalized spacial score (nSPS) is 11.8. The molecule has 0 saturated carbocycles. The minimum atomic E-state index is -0.0116. The second-order valence-electron chi connectivity index (χ2n) is 5.21. The minimum absolute atomic E-state index is 0.0116. The zero-order valence-corrected chi connectivity index (χ0v) is 12.5. The third-order valence-electron chi connectivity index (χ3n) is 2.42. The zero-order chi connectivity index (χ0) is 14.0. The van der Waals surface area contributed by atoms with Crippen LogP contribution in [0.3, 0.4) is 0 Å². The highest BCUT2D eigenvalue weighted by atomic mass is 35.5. The summed E-state index contributed by atoms with van der Waals surface area (Å²) in [5.41, 5.74) is 0.631. The van der Waals surface area contributed by atoms with Gasteiger partial charge in [-0.3, -0.25) is 0 Å². The van der Waals surface area contributed by atoms with Gasteiger partial charge in [0.25, 0.3) is 0 Å². The molecule has 0 unspecified atom stereocenters. The summed E-state index contributed by atoms with van der Waals surface area (Å²) in [6.45, 7) is 6.71. The molecule has 2 aromatic rings. The van der Waals surface area contributed by atoms with E-state index in [4.69, 9.17) is 27.6 Å². The van der Waals surface area contributed by atoms with Gasteiger partial charge >= 0.3 is 0 Å². The fourth-order valence-corrected chi connectivity index (χ4v) is 1.82. The summed E-state index contributed by atoms with van der Waals surface area (Å²) in [4.78, 5) is 0. The highest BCUT2D eigenvalue weighted by Crippen LogP contribution is 2.32. The molecule has 0 bridgehead atoms. The van der Waals surface area contributed by atoms with Crippen molar-refractivity contribution in [3.8, 4) is 11.5 Å². The molecule has 1 aromatic heterocycles. The molecule has 2 rings (SSSR count). The van der Waals surface area contributed by atoms with Crippen LogP contribution >= 0.6 is 23.2 Å². The number of benzene rings is 1. The fraction of sp³-hybridized carbons (Fsp3) is 0.385. The van der Waals surface area contributed by atoms with Crippen molar-refractivity contribution in [2.24, 2.45) is 0 Å². The number of aromatic nitrogens is 2. The van der Waals surface area contributed by atoms with E-state index >= 15 is 0 Å². The van der Waals surface area contributed by atoms with Gasteiger partial charge in [-0.1, -0.05) is 29.3 Å². The van der Waals surface area contributed by atoms with Gasteiger partial charge in [-0.15, -0.1) is 10.2 Å². The summed E-state index contributed by atoms with van der Waals surface area (Å²) in [5, 5.41) is 12.1. The average molecular weight is 300 g/mol. The van der Waals surface area contributed by atoms with Crippen molar-refractivity contribution >= 4 is 23.2 Å². The number of rotatable bonds is 3. The Bertz CT molecular complexity index is 576. The smallest absolute Gasteiger partial charge is 0.249 e. The SMILES string of the molecule is CC(C)(C)NCc1nnc(-c2cccc(Cl)c2Cl)o1. The molecular weight excluding hydrogens is 285 g/mol. The van der Waals surface area contributed by atoms with E-state index in [0.717, 1.165) is 0 Å². The van der Waals surface area contributed by atoms with Gasteiger partial charge in [0, 0.05) is 5.54 Å². The quantitative estimate of drug-likeness (QED) is 0.933. The second kappa shape index (κ2) is 5.49. The van der Waals surface area contributed by atoms with Crippen molar-refractivity contribution < 1.29 is 4.42 Å². The maximum absolute atomic E-state index is 6.11. The van der Waals surface area contributed by atoms with Crippen molar-refractivity contribution in [3.05, 3.63) is 34.1 Å². The van der Waals surface area contributed by atoms with Crippen LogP contribution in [0.2, 0.25) is 10.0 Å². The van der Waals surface area contributed by atoms with E-state index in [2.05, 4.69) is 36.3 Å². The number of nitrogens with one attached hydrogen (secondary N) is 1. The Kier molecular flexibility index (Phi) is 4.13. The first-order valence-corrected chi connectivity index (χ1v) is 6.64. The van der Waals surface area contributed by atoms with E-state index in [0.29, 0.717) is 33.9 Å². The molecule has 0 amide bonds. The molecule has 6 heteroatoms. The van der Waals surface area contributed by atoms with Crippen LogP contribution in [0.4, 0.5) is 0 Å². The van der Waals surface area contributed by atoms with Crippen LogP contribution < -0.4 is 5.32 Å². The number of hydrogen-bond donors (Lipinski definition) is 1. The van der Waals surface area contributed by atoms with E-state index < -0.39 is 0 Å². The zero-order valence-electron chi connectivity index (χ0n) is 11.0. The topological polar surface area (TPSA) is 51.0 Å². The van der Waals surface area contributed by atoms with E-state index in [-0.39, 0.29) is 5.54 Å². The Morgan fingerprint density at radius 2 is 1.95 bits per heavy atom. The molecule has 0 aliphatic heterocycles. The van der Waals surface area contributed by atoms with Gasteiger partial charge in [-0.25, -0.2) is 0 Å². The molecule has 1 aromatic carbocycles. The van der Waals surface area contributed by atoms with Gasteiger partial charge in [-0.05, 0) is 32.9 Å². The largest absolute Gasteiger partial charge is 0.419 e. The Morgan fingerprint density at radius 1 is 1.21 bits per heavy atom. The van der Waals surface area contributed by atoms with Crippen LogP contribution in [-0.2, 0) is 6.54 Å². The summed E-state index contributed by atoms with van der Waals surface area (Å²) in [6.07, 6.45) is 0. The van der Waals surface area contributed by atoms with Gasteiger partial charge in [0.05, 0.1) is 22.2 Å². The Morgan fingerprint density at radius 3 is 2.63 bits per heavy atom. The molecule has 0 atom stereocenters. The highest BCUT2D eigenvalue weighted by Gasteiger charge is 2.15. The predicted molar refractivity (Wildman–Crippen MR) is 76.3 cm³/mol. The third kappa shape index (κ3) is 3.69. The van der Waals surface area contributed by atoms with Gasteiger partial charge in [0.2, 0.25) is 11.8 Å². The molecule has 1 N–H and O–H groups in total. The summed E-state index contributed by atoms with van der Waals surface area (Å²) in [6, 6.07) is 5.30. The molecule has 0 fully saturated rings. The Labute approximate surface area is 122 Å². The van der Waals surface area contributed by atoms with E-state index in [1.807, 2.05) is 0 Å². The molecule has 0 radical (unpaired) electrons. The molecule has 1 heterocycles. The maximum atomic E-state index is 6.11. The van der Waals surface area contributed by atoms with E-state index in [1.54, 1.807) is 18.2 Å². The lowest BCUT2D eigenvalue weighted by molar-refractivity contribution is 0.383. The minimum Gasteiger partial charge on any atom is -0.419 e. The van der Waals surface area contributed by atoms with E-state index in [1.165, 1.54) is 0 Å². The van der Waals surface area contributed by atoms with Crippen LogP contribution in [0.1, 0.15) is 26.7 Å². The molecule has 102 valence electrons. The van der Waals surface area contributed by atoms with Crippen molar-refractivity contribution in [2.75, 3.05) is 0 Å². The molecule has 4 nitrogen and oxygen atoms in total. The molecule has 0 saturated heterocycles.